The zero-order valence-electron chi connectivity index (χ0n) is 19.8. The van der Waals surface area contributed by atoms with Crippen molar-refractivity contribution in [2.45, 2.75) is 85.7 Å². The van der Waals surface area contributed by atoms with E-state index in [4.69, 9.17) is 5.73 Å². The molecule has 2 aliphatic rings. The first kappa shape index (κ1) is 24.6. The number of amides is 3. The van der Waals surface area contributed by atoms with E-state index in [1.807, 2.05) is 9.80 Å². The summed E-state index contributed by atoms with van der Waals surface area (Å²) in [5.74, 6) is 0.0703. The monoisotopic (exact) mass is 422 g/mol. The maximum atomic E-state index is 13.6. The van der Waals surface area contributed by atoms with Crippen molar-refractivity contribution in [1.29, 1.82) is 0 Å². The first-order valence-electron chi connectivity index (χ1n) is 11.4. The molecule has 2 fully saturated rings. The smallest absolute Gasteiger partial charge is 0.245 e. The van der Waals surface area contributed by atoms with E-state index in [-0.39, 0.29) is 40.5 Å². The van der Waals surface area contributed by atoms with Crippen LogP contribution in [0.4, 0.5) is 0 Å². The van der Waals surface area contributed by atoms with Gasteiger partial charge in [0.15, 0.2) is 0 Å². The molecule has 0 spiro atoms. The van der Waals surface area contributed by atoms with Crippen LogP contribution >= 0.6 is 0 Å². The largest absolute Gasteiger partial charge is 0.370 e. The Hall–Kier alpha value is -1.63. The molecule has 7 heteroatoms. The molecule has 172 valence electrons. The van der Waals surface area contributed by atoms with Gasteiger partial charge < -0.3 is 20.9 Å². The molecule has 2 aliphatic heterocycles. The SMILES string of the molecule is CC(C)(C)CC(C(=O)N1CCC(CC(N)=O)CC1)N1CCN[C@@H](CC(C)(C)C)C1=O. The number of likely N-dealkylation sites (tertiary alicyclic amines) is 1. The van der Waals surface area contributed by atoms with Crippen LogP contribution in [-0.2, 0) is 14.4 Å². The second-order valence-corrected chi connectivity index (χ2v) is 11.5. The predicted octanol–water partition coefficient (Wildman–Crippen LogP) is 2.14. The number of piperazine rings is 1. The lowest BCUT2D eigenvalue weighted by atomic mass is 9.84. The maximum absolute atomic E-state index is 13.6. The highest BCUT2D eigenvalue weighted by atomic mass is 16.2. The number of hydrogen-bond acceptors (Lipinski definition) is 4. The zero-order valence-corrected chi connectivity index (χ0v) is 19.8. The van der Waals surface area contributed by atoms with E-state index >= 15 is 0 Å². The van der Waals surface area contributed by atoms with Gasteiger partial charge in [-0.3, -0.25) is 14.4 Å². The van der Waals surface area contributed by atoms with E-state index in [0.717, 1.165) is 19.3 Å². The van der Waals surface area contributed by atoms with Crippen molar-refractivity contribution in [1.82, 2.24) is 15.1 Å². The summed E-state index contributed by atoms with van der Waals surface area (Å²) in [6.07, 6.45) is 3.36. The standard InChI is InChI=1S/C23H42N4O3/c1-22(2,3)14-17-20(29)27(12-9-25-17)18(15-23(4,5)6)21(30)26-10-7-16(8-11-26)13-19(24)28/h16-18,25H,7-15H2,1-6H3,(H2,24,28)/t17-,18?/m0/s1. The third kappa shape index (κ3) is 7.25. The van der Waals surface area contributed by atoms with Crippen molar-refractivity contribution >= 4 is 17.7 Å². The number of rotatable bonds is 6. The summed E-state index contributed by atoms with van der Waals surface area (Å²) in [6, 6.07) is -0.676. The van der Waals surface area contributed by atoms with Crippen molar-refractivity contribution in [2.75, 3.05) is 26.2 Å². The minimum atomic E-state index is -0.435. The normalized spacial score (nSPS) is 22.9. The average Bonchev–Trinajstić information content (AvgIpc) is 2.59. The third-order valence-electron chi connectivity index (χ3n) is 6.02. The Morgan fingerprint density at radius 1 is 1.07 bits per heavy atom. The van der Waals surface area contributed by atoms with Gasteiger partial charge in [-0.1, -0.05) is 41.5 Å². The summed E-state index contributed by atoms with van der Waals surface area (Å²) in [6.45, 7) is 15.3. The van der Waals surface area contributed by atoms with E-state index in [1.54, 1.807) is 0 Å². The first-order chi connectivity index (χ1) is 13.8. The van der Waals surface area contributed by atoms with Crippen molar-refractivity contribution in [3.63, 3.8) is 0 Å². The van der Waals surface area contributed by atoms with Gasteiger partial charge in [-0.25, -0.2) is 0 Å². The van der Waals surface area contributed by atoms with Crippen LogP contribution in [0.3, 0.4) is 0 Å². The Morgan fingerprint density at radius 2 is 1.67 bits per heavy atom. The molecule has 0 aromatic carbocycles. The Bertz CT molecular complexity index is 627. The lowest BCUT2D eigenvalue weighted by Crippen LogP contribution is -2.62. The second kappa shape index (κ2) is 9.67. The molecule has 7 nitrogen and oxygen atoms in total. The molecule has 2 heterocycles. The molecule has 0 radical (unpaired) electrons. The van der Waals surface area contributed by atoms with Crippen LogP contribution in [0.5, 0.6) is 0 Å². The Balaban J connectivity index is 2.14. The fourth-order valence-electron chi connectivity index (χ4n) is 4.60. The van der Waals surface area contributed by atoms with Gasteiger partial charge in [0.1, 0.15) is 6.04 Å². The van der Waals surface area contributed by atoms with Crippen LogP contribution in [0.2, 0.25) is 0 Å². The number of hydrogen-bond donors (Lipinski definition) is 2. The molecule has 2 saturated heterocycles. The molecule has 0 aromatic rings. The molecule has 3 N–H and O–H groups in total. The number of carbonyl (C=O) groups is 3. The third-order valence-corrected chi connectivity index (χ3v) is 6.02. The maximum Gasteiger partial charge on any atom is 0.245 e. The molecule has 2 atom stereocenters. The fourth-order valence-corrected chi connectivity index (χ4v) is 4.60. The molecule has 0 aromatic heterocycles. The van der Waals surface area contributed by atoms with Crippen molar-refractivity contribution in [2.24, 2.45) is 22.5 Å². The minimum absolute atomic E-state index is 0.0299. The number of nitrogens with two attached hydrogens (primary N) is 1. The lowest BCUT2D eigenvalue weighted by molar-refractivity contribution is -0.151. The molecule has 3 amide bonds. The molecule has 0 aliphatic carbocycles. The first-order valence-corrected chi connectivity index (χ1v) is 11.4. The second-order valence-electron chi connectivity index (χ2n) is 11.5. The van der Waals surface area contributed by atoms with Crippen LogP contribution in [0, 0.1) is 16.7 Å². The lowest BCUT2D eigenvalue weighted by Gasteiger charge is -2.43. The van der Waals surface area contributed by atoms with Gasteiger partial charge >= 0.3 is 0 Å². The molecule has 1 unspecified atom stereocenters. The Morgan fingerprint density at radius 3 is 2.17 bits per heavy atom. The number of primary amides is 1. The summed E-state index contributed by atoms with van der Waals surface area (Å²) in [4.78, 5) is 41.8. The highest BCUT2D eigenvalue weighted by Gasteiger charge is 2.41. The zero-order chi connectivity index (χ0) is 22.7. The molecule has 2 rings (SSSR count). The molecule has 30 heavy (non-hydrogen) atoms. The van der Waals surface area contributed by atoms with Crippen molar-refractivity contribution in [3.8, 4) is 0 Å². The molecular formula is C23H42N4O3. The van der Waals surface area contributed by atoms with Gasteiger partial charge in [0.2, 0.25) is 17.7 Å². The van der Waals surface area contributed by atoms with Crippen molar-refractivity contribution < 1.29 is 14.4 Å². The van der Waals surface area contributed by atoms with Gasteiger partial charge in [0, 0.05) is 32.6 Å². The van der Waals surface area contributed by atoms with Crippen LogP contribution < -0.4 is 11.1 Å². The molecule has 0 bridgehead atoms. The Labute approximate surface area is 182 Å². The van der Waals surface area contributed by atoms with Crippen LogP contribution in [-0.4, -0.2) is 65.8 Å². The predicted molar refractivity (Wildman–Crippen MR) is 119 cm³/mol. The molecule has 0 saturated carbocycles. The average molecular weight is 423 g/mol. The van der Waals surface area contributed by atoms with Gasteiger partial charge in [-0.15, -0.1) is 0 Å². The highest BCUT2D eigenvalue weighted by Crippen LogP contribution is 2.30. The summed E-state index contributed by atoms with van der Waals surface area (Å²) in [5, 5.41) is 3.36. The fraction of sp³-hybridized carbons (Fsp3) is 0.870. The number of carbonyl (C=O) groups excluding carboxylic acids is 3. The van der Waals surface area contributed by atoms with Gasteiger partial charge in [-0.05, 0) is 42.4 Å². The van der Waals surface area contributed by atoms with E-state index in [9.17, 15) is 14.4 Å². The number of nitrogens with zero attached hydrogens (tertiary/aromatic N) is 2. The summed E-state index contributed by atoms with van der Waals surface area (Å²) in [7, 11) is 0. The van der Waals surface area contributed by atoms with Crippen LogP contribution in [0.15, 0.2) is 0 Å². The number of piperidine rings is 1. The van der Waals surface area contributed by atoms with E-state index in [1.165, 1.54) is 0 Å². The van der Waals surface area contributed by atoms with Crippen LogP contribution in [0.1, 0.15) is 73.6 Å². The van der Waals surface area contributed by atoms with E-state index in [0.29, 0.717) is 39.0 Å². The summed E-state index contributed by atoms with van der Waals surface area (Å²) < 4.78 is 0. The van der Waals surface area contributed by atoms with Crippen LogP contribution in [0.25, 0.3) is 0 Å². The van der Waals surface area contributed by atoms with E-state index < -0.39 is 6.04 Å². The topological polar surface area (TPSA) is 95.7 Å². The number of nitrogens with one attached hydrogen (secondary N) is 1. The quantitative estimate of drug-likeness (QED) is 0.685. The van der Waals surface area contributed by atoms with Gasteiger partial charge in [0.05, 0.1) is 6.04 Å². The Kier molecular flexibility index (Phi) is 7.94. The summed E-state index contributed by atoms with van der Waals surface area (Å²) >= 11 is 0. The highest BCUT2D eigenvalue weighted by molar-refractivity contribution is 5.90. The van der Waals surface area contributed by atoms with Gasteiger partial charge in [-0.2, -0.15) is 0 Å². The summed E-state index contributed by atoms with van der Waals surface area (Å²) in [5.41, 5.74) is 5.29. The molecular weight excluding hydrogens is 380 g/mol. The van der Waals surface area contributed by atoms with Gasteiger partial charge in [0.25, 0.3) is 0 Å². The minimum Gasteiger partial charge on any atom is -0.370 e. The van der Waals surface area contributed by atoms with E-state index in [2.05, 4.69) is 46.9 Å². The van der Waals surface area contributed by atoms with Crippen molar-refractivity contribution in [3.05, 3.63) is 0 Å².